The van der Waals surface area contributed by atoms with Crippen LogP contribution in [0.1, 0.15) is 37.6 Å². The van der Waals surface area contributed by atoms with Crippen molar-refractivity contribution in [1.29, 1.82) is 0 Å². The average Bonchev–Trinajstić information content (AvgIpc) is 3.25. The number of aromatic nitrogens is 3. The number of nitrogens with one attached hydrogen (secondary N) is 1. The van der Waals surface area contributed by atoms with Crippen LogP contribution in [0.4, 0.5) is 15.0 Å². The number of fused-ring (bicyclic) bond motifs is 1. The number of rotatable bonds is 6. The van der Waals surface area contributed by atoms with E-state index in [-0.39, 0.29) is 16.4 Å². The van der Waals surface area contributed by atoms with Gasteiger partial charge in [-0.15, -0.1) is 0 Å². The van der Waals surface area contributed by atoms with E-state index < -0.39 is 29.8 Å². The summed E-state index contributed by atoms with van der Waals surface area (Å²) in [6.45, 7) is 9.03. The van der Waals surface area contributed by atoms with E-state index in [4.69, 9.17) is 21.1 Å². The Bertz CT molecular complexity index is 1040. The first-order valence-corrected chi connectivity index (χ1v) is 11.3. The summed E-state index contributed by atoms with van der Waals surface area (Å²) in [6.07, 6.45) is 0.0191. The van der Waals surface area contributed by atoms with Gasteiger partial charge in [0.2, 0.25) is 0 Å². The number of alkyl halides is 1. The van der Waals surface area contributed by atoms with Crippen LogP contribution in [0.5, 0.6) is 0 Å². The molecule has 2 aromatic rings. The highest BCUT2D eigenvalue weighted by molar-refractivity contribution is 6.30. The molecule has 12 heteroatoms. The summed E-state index contributed by atoms with van der Waals surface area (Å²) in [5.74, 6) is -0.172. The average molecular weight is 483 g/mol. The van der Waals surface area contributed by atoms with E-state index in [1.807, 2.05) is 0 Å². The second-order valence-electron chi connectivity index (χ2n) is 9.15. The van der Waals surface area contributed by atoms with Crippen LogP contribution in [0.2, 0.25) is 5.15 Å². The van der Waals surface area contributed by atoms with Gasteiger partial charge in [0.25, 0.3) is 5.91 Å². The smallest absolute Gasteiger partial charge is 0.416 e. The lowest BCUT2D eigenvalue weighted by Crippen LogP contribution is -2.45. The molecule has 2 fully saturated rings. The SMILES string of the molecule is CC(C)(C)OC(=O)N(CCN1CCOCC1)c1cc(Cl)nc2c(C(=O)N[C@@H]3C[C@@H]3F)cnn12. The van der Waals surface area contributed by atoms with E-state index in [0.717, 1.165) is 13.1 Å². The number of hydrogen-bond donors (Lipinski definition) is 1. The summed E-state index contributed by atoms with van der Waals surface area (Å²) in [5, 5.41) is 6.98. The van der Waals surface area contributed by atoms with E-state index in [2.05, 4.69) is 20.3 Å². The molecule has 1 N–H and O–H groups in total. The Hall–Kier alpha value is -2.50. The molecule has 180 valence electrons. The number of anilines is 1. The molecule has 1 saturated heterocycles. The van der Waals surface area contributed by atoms with Crippen molar-refractivity contribution >= 4 is 35.1 Å². The minimum absolute atomic E-state index is 0.0850. The third-order valence-electron chi connectivity index (χ3n) is 5.33. The second-order valence-corrected chi connectivity index (χ2v) is 9.54. The highest BCUT2D eigenvalue weighted by Gasteiger charge is 2.39. The standard InChI is InChI=1S/C21H28ClFN6O4/c1-21(2,3)33-20(31)28(5-4-27-6-8-32-9-7-27)17-11-16(22)26-18-13(12-24-29(17)18)19(30)25-15-10-14(15)23/h11-12,14-15H,4-10H2,1-3H3,(H,25,30)/t14-,15+/m0/s1. The summed E-state index contributed by atoms with van der Waals surface area (Å²) >= 11 is 6.28. The molecule has 3 heterocycles. The van der Waals surface area contributed by atoms with Gasteiger partial charge in [-0.25, -0.2) is 14.2 Å². The van der Waals surface area contributed by atoms with Crippen molar-refractivity contribution in [3.63, 3.8) is 0 Å². The summed E-state index contributed by atoms with van der Waals surface area (Å²) in [5.41, 5.74) is -0.395. The van der Waals surface area contributed by atoms with Gasteiger partial charge in [-0.2, -0.15) is 9.61 Å². The molecular weight excluding hydrogens is 455 g/mol. The van der Waals surface area contributed by atoms with Gasteiger partial charge in [0.1, 0.15) is 28.3 Å². The van der Waals surface area contributed by atoms with E-state index in [9.17, 15) is 14.0 Å². The van der Waals surface area contributed by atoms with Gasteiger partial charge < -0.3 is 14.8 Å². The van der Waals surface area contributed by atoms with Crippen LogP contribution >= 0.6 is 11.6 Å². The number of carbonyl (C=O) groups is 2. The van der Waals surface area contributed by atoms with Gasteiger partial charge >= 0.3 is 6.09 Å². The van der Waals surface area contributed by atoms with Gasteiger partial charge in [-0.05, 0) is 20.8 Å². The molecule has 4 rings (SSSR count). The first-order valence-electron chi connectivity index (χ1n) is 10.9. The number of hydrogen-bond acceptors (Lipinski definition) is 7. The molecule has 33 heavy (non-hydrogen) atoms. The van der Waals surface area contributed by atoms with Crippen LogP contribution < -0.4 is 10.2 Å². The van der Waals surface area contributed by atoms with Crippen molar-refractivity contribution in [2.24, 2.45) is 0 Å². The lowest BCUT2D eigenvalue weighted by molar-refractivity contribution is 0.0374. The molecule has 0 radical (unpaired) electrons. The Morgan fingerprint density at radius 3 is 2.70 bits per heavy atom. The van der Waals surface area contributed by atoms with Crippen molar-refractivity contribution in [3.8, 4) is 0 Å². The molecule has 1 aliphatic heterocycles. The Balaban J connectivity index is 1.65. The molecule has 2 atom stereocenters. The molecule has 2 aliphatic rings. The summed E-state index contributed by atoms with van der Waals surface area (Å²) in [4.78, 5) is 33.6. The molecule has 2 aromatic heterocycles. The fraction of sp³-hybridized carbons (Fsp3) is 0.619. The molecular formula is C21H28ClFN6O4. The van der Waals surface area contributed by atoms with Crippen LogP contribution in [0, 0.1) is 0 Å². The van der Waals surface area contributed by atoms with Gasteiger partial charge in [-0.1, -0.05) is 11.6 Å². The molecule has 1 saturated carbocycles. The molecule has 0 unspecified atom stereocenters. The highest BCUT2D eigenvalue weighted by Crippen LogP contribution is 2.27. The molecule has 2 amide bonds. The number of halogens is 2. The lowest BCUT2D eigenvalue weighted by Gasteiger charge is -2.31. The number of carbonyl (C=O) groups excluding carboxylic acids is 2. The third-order valence-corrected chi connectivity index (χ3v) is 5.52. The Kier molecular flexibility index (Phi) is 6.73. The van der Waals surface area contributed by atoms with Crippen molar-refractivity contribution in [1.82, 2.24) is 24.8 Å². The third kappa shape index (κ3) is 5.71. The zero-order valence-corrected chi connectivity index (χ0v) is 19.6. The lowest BCUT2D eigenvalue weighted by atomic mass is 10.2. The van der Waals surface area contributed by atoms with Gasteiger partial charge in [0, 0.05) is 38.7 Å². The topological polar surface area (TPSA) is 101 Å². The molecule has 0 bridgehead atoms. The van der Waals surface area contributed by atoms with E-state index >= 15 is 0 Å². The normalized spacial score (nSPS) is 21.1. The van der Waals surface area contributed by atoms with Crippen molar-refractivity contribution in [2.75, 3.05) is 44.3 Å². The molecule has 0 spiro atoms. The van der Waals surface area contributed by atoms with Gasteiger partial charge in [0.15, 0.2) is 5.65 Å². The van der Waals surface area contributed by atoms with Crippen molar-refractivity contribution in [2.45, 2.75) is 45.0 Å². The zero-order chi connectivity index (χ0) is 23.8. The minimum atomic E-state index is -1.04. The number of morpholine rings is 1. The number of amides is 2. The van der Waals surface area contributed by atoms with Gasteiger partial charge in [0.05, 0.1) is 25.5 Å². The number of nitrogens with zero attached hydrogens (tertiary/aromatic N) is 5. The maximum absolute atomic E-state index is 13.2. The quantitative estimate of drug-likeness (QED) is 0.630. The largest absolute Gasteiger partial charge is 0.443 e. The first kappa shape index (κ1) is 23.7. The van der Waals surface area contributed by atoms with Crippen LogP contribution in [0.25, 0.3) is 5.65 Å². The monoisotopic (exact) mass is 482 g/mol. The molecule has 10 nitrogen and oxygen atoms in total. The second kappa shape index (κ2) is 9.40. The molecule has 1 aliphatic carbocycles. The maximum atomic E-state index is 13.2. The summed E-state index contributed by atoms with van der Waals surface area (Å²) < 4.78 is 25.6. The Morgan fingerprint density at radius 1 is 1.36 bits per heavy atom. The predicted molar refractivity (Wildman–Crippen MR) is 120 cm³/mol. The minimum Gasteiger partial charge on any atom is -0.443 e. The number of ether oxygens (including phenoxy) is 2. The highest BCUT2D eigenvalue weighted by atomic mass is 35.5. The zero-order valence-electron chi connectivity index (χ0n) is 18.9. The summed E-state index contributed by atoms with van der Waals surface area (Å²) in [6, 6.07) is 1.00. The maximum Gasteiger partial charge on any atom is 0.416 e. The van der Waals surface area contributed by atoms with Crippen molar-refractivity contribution in [3.05, 3.63) is 23.0 Å². The van der Waals surface area contributed by atoms with Crippen LogP contribution in [-0.4, -0.2) is 88.7 Å². The fourth-order valence-corrected chi connectivity index (χ4v) is 3.69. The first-order chi connectivity index (χ1) is 15.6. The van der Waals surface area contributed by atoms with Crippen LogP contribution in [-0.2, 0) is 9.47 Å². The summed E-state index contributed by atoms with van der Waals surface area (Å²) in [7, 11) is 0. The van der Waals surface area contributed by atoms with Gasteiger partial charge in [-0.3, -0.25) is 14.6 Å². The predicted octanol–water partition coefficient (Wildman–Crippen LogP) is 2.30. The Morgan fingerprint density at radius 2 is 2.06 bits per heavy atom. The van der Waals surface area contributed by atoms with Crippen LogP contribution in [0.15, 0.2) is 12.3 Å². The van der Waals surface area contributed by atoms with Crippen molar-refractivity contribution < 1.29 is 23.5 Å². The van der Waals surface area contributed by atoms with Crippen LogP contribution in [0.3, 0.4) is 0 Å². The van der Waals surface area contributed by atoms with E-state index in [1.165, 1.54) is 21.7 Å². The fourth-order valence-electron chi connectivity index (χ4n) is 3.51. The van der Waals surface area contributed by atoms with E-state index in [0.29, 0.717) is 38.5 Å². The molecule has 0 aromatic carbocycles. The van der Waals surface area contributed by atoms with E-state index in [1.54, 1.807) is 20.8 Å². The Labute approximate surface area is 196 Å².